The normalized spacial score (nSPS) is 20.9. The van der Waals surface area contributed by atoms with Gasteiger partial charge in [-0.2, -0.15) is 0 Å². The third-order valence-electron chi connectivity index (χ3n) is 3.90. The summed E-state index contributed by atoms with van der Waals surface area (Å²) < 4.78 is 5.46. The number of nitrogens with zero attached hydrogens (tertiary/aromatic N) is 1. The minimum Gasteiger partial charge on any atom is -0.459 e. The van der Waals surface area contributed by atoms with E-state index in [9.17, 15) is 9.59 Å². The fourth-order valence-corrected chi connectivity index (χ4v) is 2.44. The second-order valence-electron chi connectivity index (χ2n) is 6.98. The van der Waals surface area contributed by atoms with Gasteiger partial charge in [0.15, 0.2) is 0 Å². The Morgan fingerprint density at radius 2 is 1.96 bits per heavy atom. The van der Waals surface area contributed by atoms with Gasteiger partial charge in [-0.25, -0.2) is 9.86 Å². The predicted molar refractivity (Wildman–Crippen MR) is 90.2 cm³/mol. The van der Waals surface area contributed by atoms with Gasteiger partial charge in [0.2, 0.25) is 0 Å². The zero-order valence-corrected chi connectivity index (χ0v) is 14.6. The molecule has 1 aliphatic rings. The first kappa shape index (κ1) is 18.0. The van der Waals surface area contributed by atoms with Crippen molar-refractivity contribution >= 4 is 11.9 Å². The Morgan fingerprint density at radius 3 is 2.50 bits per heavy atom. The molecule has 1 saturated heterocycles. The molecule has 1 aromatic carbocycles. The predicted octanol–water partition coefficient (Wildman–Crippen LogP) is 3.05. The van der Waals surface area contributed by atoms with Crippen LogP contribution < -0.4 is 0 Å². The second kappa shape index (κ2) is 6.63. The van der Waals surface area contributed by atoms with Gasteiger partial charge >= 0.3 is 5.97 Å². The summed E-state index contributed by atoms with van der Waals surface area (Å²) >= 11 is 0. The molecule has 5 heteroatoms. The Morgan fingerprint density at radius 1 is 1.33 bits per heavy atom. The quantitative estimate of drug-likeness (QED) is 0.483. The molecule has 0 amide bonds. The van der Waals surface area contributed by atoms with E-state index >= 15 is 0 Å². The number of hydroxylamine groups is 2. The molecule has 128 valence electrons. The van der Waals surface area contributed by atoms with Crippen LogP contribution in [0.4, 0.5) is 0 Å². The van der Waals surface area contributed by atoms with Gasteiger partial charge in [-0.15, -0.1) is 0 Å². The zero-order valence-electron chi connectivity index (χ0n) is 14.6. The molecule has 0 spiro atoms. The van der Waals surface area contributed by atoms with Crippen molar-refractivity contribution in [1.29, 1.82) is 0 Å². The number of carbonyl (C=O) groups excluding carboxylic acids is 2. The van der Waals surface area contributed by atoms with Crippen LogP contribution in [0.3, 0.4) is 0 Å². The Balaban J connectivity index is 2.18. The highest BCUT2D eigenvalue weighted by molar-refractivity contribution is 5.88. The summed E-state index contributed by atoms with van der Waals surface area (Å²) in [4.78, 5) is 29.8. The lowest BCUT2D eigenvalue weighted by Gasteiger charge is -2.29. The van der Waals surface area contributed by atoms with E-state index in [4.69, 9.17) is 9.57 Å². The zero-order chi connectivity index (χ0) is 18.0. The van der Waals surface area contributed by atoms with Crippen molar-refractivity contribution in [2.75, 3.05) is 6.54 Å². The van der Waals surface area contributed by atoms with Gasteiger partial charge < -0.3 is 4.74 Å². The van der Waals surface area contributed by atoms with Crippen LogP contribution in [-0.4, -0.2) is 29.1 Å². The average molecular weight is 329 g/mol. The molecule has 0 aliphatic carbocycles. The molecule has 1 atom stereocenters. The second-order valence-corrected chi connectivity index (χ2v) is 6.98. The van der Waals surface area contributed by atoms with Crippen molar-refractivity contribution in [1.82, 2.24) is 5.06 Å². The monoisotopic (exact) mass is 329 g/mol. The first-order valence-corrected chi connectivity index (χ1v) is 7.80. The maximum Gasteiger partial charge on any atom is 0.323 e. The number of carbonyl (C=O) groups is 1. The summed E-state index contributed by atoms with van der Waals surface area (Å²) in [7, 11) is 0. The minimum atomic E-state index is -1.26. The summed E-state index contributed by atoms with van der Waals surface area (Å²) in [5.41, 5.74) is -0.321. The van der Waals surface area contributed by atoms with Crippen LogP contribution in [0.25, 0.3) is 0 Å². The molecule has 5 nitrogen and oxygen atoms in total. The molecule has 0 N–H and O–H groups in total. The molecular formula is C19H23NO4. The molecule has 0 aromatic heterocycles. The molecule has 1 fully saturated rings. The van der Waals surface area contributed by atoms with E-state index in [1.165, 1.54) is 5.06 Å². The Hall–Kier alpha value is -2.36. The summed E-state index contributed by atoms with van der Waals surface area (Å²) in [6.45, 7) is 11.4. The van der Waals surface area contributed by atoms with Gasteiger partial charge in [0.1, 0.15) is 22.7 Å². The molecule has 1 heterocycles. The van der Waals surface area contributed by atoms with Gasteiger partial charge in [-0.1, -0.05) is 36.9 Å². The van der Waals surface area contributed by atoms with Crippen LogP contribution >= 0.6 is 0 Å². The van der Waals surface area contributed by atoms with Gasteiger partial charge in [-0.3, -0.25) is 9.63 Å². The SMILES string of the molecule is C=C1CN(OCc2ccccc2)C(=C=O)[C@]1(C)C(=O)OC(C)(C)C. The van der Waals surface area contributed by atoms with Crippen LogP contribution in [0.2, 0.25) is 0 Å². The Kier molecular flexibility index (Phi) is 4.97. The van der Waals surface area contributed by atoms with E-state index in [1.54, 1.807) is 27.7 Å². The fraction of sp³-hybridized carbons (Fsp3) is 0.421. The van der Waals surface area contributed by atoms with Crippen LogP contribution in [0.15, 0.2) is 48.2 Å². The van der Waals surface area contributed by atoms with Crippen molar-refractivity contribution in [3.8, 4) is 0 Å². The van der Waals surface area contributed by atoms with E-state index < -0.39 is 17.0 Å². The summed E-state index contributed by atoms with van der Waals surface area (Å²) in [5.74, 6) is 1.32. The van der Waals surface area contributed by atoms with Crippen molar-refractivity contribution in [3.05, 3.63) is 53.7 Å². The number of hydrogen-bond acceptors (Lipinski definition) is 5. The molecule has 0 unspecified atom stereocenters. The van der Waals surface area contributed by atoms with Crippen molar-refractivity contribution in [2.24, 2.45) is 5.41 Å². The lowest BCUT2D eigenvalue weighted by atomic mass is 9.83. The van der Waals surface area contributed by atoms with Gasteiger partial charge in [0, 0.05) is 0 Å². The minimum absolute atomic E-state index is 0.0951. The number of esters is 1. The largest absolute Gasteiger partial charge is 0.459 e. The molecule has 0 bridgehead atoms. The maximum atomic E-state index is 12.6. The number of hydrogen-bond donors (Lipinski definition) is 0. The van der Waals surface area contributed by atoms with Crippen molar-refractivity contribution in [2.45, 2.75) is 39.9 Å². The van der Waals surface area contributed by atoms with Gasteiger partial charge in [0.25, 0.3) is 0 Å². The van der Waals surface area contributed by atoms with Gasteiger partial charge in [0.05, 0.1) is 13.2 Å². The summed E-state index contributed by atoms with van der Waals surface area (Å²) in [5, 5.41) is 1.38. The Labute approximate surface area is 142 Å². The van der Waals surface area contributed by atoms with E-state index in [-0.39, 0.29) is 18.8 Å². The van der Waals surface area contributed by atoms with E-state index in [0.29, 0.717) is 5.57 Å². The first-order valence-electron chi connectivity index (χ1n) is 7.80. The Bertz CT molecular complexity index is 683. The molecule has 24 heavy (non-hydrogen) atoms. The molecular weight excluding hydrogens is 306 g/mol. The lowest BCUT2D eigenvalue weighted by Crippen LogP contribution is -2.37. The van der Waals surface area contributed by atoms with Crippen LogP contribution in [0.1, 0.15) is 33.3 Å². The maximum absolute atomic E-state index is 12.6. The van der Waals surface area contributed by atoms with Crippen LogP contribution in [0, 0.1) is 5.41 Å². The fourth-order valence-electron chi connectivity index (χ4n) is 2.44. The topological polar surface area (TPSA) is 55.8 Å². The molecule has 1 aromatic rings. The van der Waals surface area contributed by atoms with E-state index in [2.05, 4.69) is 6.58 Å². The van der Waals surface area contributed by atoms with Crippen LogP contribution in [0.5, 0.6) is 0 Å². The average Bonchev–Trinajstić information content (AvgIpc) is 2.76. The highest BCUT2D eigenvalue weighted by Crippen LogP contribution is 2.44. The first-order chi connectivity index (χ1) is 11.2. The van der Waals surface area contributed by atoms with Gasteiger partial charge in [-0.05, 0) is 38.8 Å². The molecule has 0 saturated carbocycles. The number of ether oxygens (including phenoxy) is 1. The molecule has 0 radical (unpaired) electrons. The van der Waals surface area contributed by atoms with E-state index in [1.807, 2.05) is 36.3 Å². The lowest BCUT2D eigenvalue weighted by molar-refractivity contribution is -0.165. The highest BCUT2D eigenvalue weighted by atomic mass is 16.7. The smallest absolute Gasteiger partial charge is 0.323 e. The third kappa shape index (κ3) is 3.58. The number of rotatable bonds is 4. The third-order valence-corrected chi connectivity index (χ3v) is 3.90. The van der Waals surface area contributed by atoms with Crippen molar-refractivity contribution in [3.63, 3.8) is 0 Å². The van der Waals surface area contributed by atoms with Crippen LogP contribution in [-0.2, 0) is 25.8 Å². The standard InChI is InChI=1S/C19H23NO4/c1-14-11-20(23-13-15-9-7-6-8-10-15)16(12-21)19(14,5)17(22)24-18(2,3)4/h6-10H,1,11,13H2,2-5H3/t19-/m1/s1. The highest BCUT2D eigenvalue weighted by Gasteiger charge is 2.52. The van der Waals surface area contributed by atoms with Crippen molar-refractivity contribution < 1.29 is 19.2 Å². The summed E-state index contributed by atoms with van der Waals surface area (Å²) in [6.07, 6.45) is 0. The molecule has 2 rings (SSSR count). The molecule has 1 aliphatic heterocycles. The summed E-state index contributed by atoms with van der Waals surface area (Å²) in [6, 6.07) is 9.56. The van der Waals surface area contributed by atoms with E-state index in [0.717, 1.165) is 5.56 Å². The number of benzene rings is 1.